The molecule has 0 radical (unpaired) electrons. The monoisotopic (exact) mass is 266 g/mol. The molecule has 0 fully saturated rings. The predicted octanol–water partition coefficient (Wildman–Crippen LogP) is 4.84. The van der Waals surface area contributed by atoms with Gasteiger partial charge in [-0.2, -0.15) is 0 Å². The van der Waals surface area contributed by atoms with Gasteiger partial charge in [-0.15, -0.1) is 0 Å². The fraction of sp³-hybridized carbons (Fsp3) is 0.235. The van der Waals surface area contributed by atoms with Crippen molar-refractivity contribution in [1.29, 1.82) is 0 Å². The Kier molecular flexibility index (Phi) is 6.51. The second-order valence-corrected chi connectivity index (χ2v) is 9.54. The Balaban J connectivity index is 3.24. The third-order valence-corrected chi connectivity index (χ3v) is 8.90. The fourth-order valence-electron chi connectivity index (χ4n) is 2.89. The molecule has 0 aliphatic rings. The second kappa shape index (κ2) is 7.90. The summed E-state index contributed by atoms with van der Waals surface area (Å²) in [5, 5.41) is 0. The Morgan fingerprint density at radius 3 is 1.95 bits per heavy atom. The van der Waals surface area contributed by atoms with E-state index >= 15 is 0 Å². The summed E-state index contributed by atoms with van der Waals surface area (Å²) < 4.78 is 0. The van der Waals surface area contributed by atoms with Crippen molar-refractivity contribution in [3.63, 3.8) is 0 Å². The molecule has 0 spiro atoms. The van der Waals surface area contributed by atoms with Gasteiger partial charge in [-0.3, -0.25) is 0 Å². The van der Waals surface area contributed by atoms with Gasteiger partial charge in [0.2, 0.25) is 0 Å². The van der Waals surface area contributed by atoms with Gasteiger partial charge >= 0.3 is 119 Å². The van der Waals surface area contributed by atoms with E-state index < -0.39 is 8.07 Å². The van der Waals surface area contributed by atoms with Crippen LogP contribution in [0.1, 0.15) is 11.0 Å². The van der Waals surface area contributed by atoms with Crippen molar-refractivity contribution < 1.29 is 0 Å². The molecule has 0 nitrogen and oxygen atoms in total. The van der Waals surface area contributed by atoms with Crippen molar-refractivity contribution in [3.05, 3.63) is 80.2 Å². The van der Waals surface area contributed by atoms with Gasteiger partial charge in [0.1, 0.15) is 0 Å². The van der Waals surface area contributed by atoms with Crippen LogP contribution < -0.4 is 0 Å². The van der Waals surface area contributed by atoms with Gasteiger partial charge in [0.05, 0.1) is 0 Å². The topological polar surface area (TPSA) is 0 Å². The maximum atomic E-state index is 4.08. The predicted molar refractivity (Wildman–Crippen MR) is 91.5 cm³/mol. The van der Waals surface area contributed by atoms with Crippen LogP contribution in [-0.4, -0.2) is 15.0 Å². The molecule has 1 heterocycles. The molecule has 1 atom stereocenters. The van der Waals surface area contributed by atoms with Crippen LogP contribution in [0.15, 0.2) is 74.8 Å². The molecule has 1 aromatic rings. The van der Waals surface area contributed by atoms with Crippen molar-refractivity contribution in [2.24, 2.45) is 0 Å². The first-order valence-corrected chi connectivity index (χ1v) is 9.44. The summed E-state index contributed by atoms with van der Waals surface area (Å²) in [4.78, 5) is 0. The SMILES string of the molecule is C=CC[Si](CC=C)(CC=C)C(C=C)c1bcccc1. The van der Waals surface area contributed by atoms with E-state index in [-0.39, 0.29) is 0 Å². The molecule has 98 valence electrons. The number of rotatable bonds is 9. The summed E-state index contributed by atoms with van der Waals surface area (Å²) >= 11 is 0. The first kappa shape index (κ1) is 15.6. The molecule has 0 saturated carbocycles. The van der Waals surface area contributed by atoms with Crippen molar-refractivity contribution >= 4 is 15.0 Å². The first-order chi connectivity index (χ1) is 9.24. The molecule has 0 aromatic carbocycles. The first-order valence-electron chi connectivity index (χ1n) is 6.74. The van der Waals surface area contributed by atoms with E-state index in [9.17, 15) is 0 Å². The minimum atomic E-state index is -1.64. The molecule has 0 N–H and O–H groups in total. The molecular weight excluding hydrogens is 243 g/mol. The summed E-state index contributed by atoms with van der Waals surface area (Å²) in [6.45, 7) is 18.1. The van der Waals surface area contributed by atoms with Gasteiger partial charge in [0.15, 0.2) is 0 Å². The number of hydrogen-bond donors (Lipinski definition) is 0. The van der Waals surface area contributed by atoms with Crippen molar-refractivity contribution in [2.45, 2.75) is 23.7 Å². The summed E-state index contributed by atoms with van der Waals surface area (Å²) in [6, 6.07) is 9.55. The number of hydrogen-bond acceptors (Lipinski definition) is 0. The zero-order valence-electron chi connectivity index (χ0n) is 11.7. The van der Waals surface area contributed by atoms with Crippen LogP contribution >= 0.6 is 0 Å². The molecule has 19 heavy (non-hydrogen) atoms. The molecule has 1 rings (SSSR count). The van der Waals surface area contributed by atoms with Crippen LogP contribution in [0.5, 0.6) is 0 Å². The zero-order chi connectivity index (χ0) is 14.1. The van der Waals surface area contributed by atoms with E-state index in [1.807, 2.05) is 0 Å². The third-order valence-electron chi connectivity index (χ3n) is 3.71. The molecule has 0 aliphatic carbocycles. The van der Waals surface area contributed by atoms with Gasteiger partial charge in [-0.1, -0.05) is 0 Å². The standard InChI is InChI=1S/C17H23BSi/c1-5-13-19(14-6-2,15-7-3)17(8-4)16-11-9-10-12-18-16/h5-12,17H,1-4,13-15H2. The molecule has 1 unspecified atom stereocenters. The third kappa shape index (κ3) is 3.77. The van der Waals surface area contributed by atoms with Gasteiger partial charge in [-0.25, -0.2) is 0 Å². The van der Waals surface area contributed by atoms with Crippen LogP contribution in [0.3, 0.4) is 0 Å². The van der Waals surface area contributed by atoms with Gasteiger partial charge in [-0.05, 0) is 0 Å². The molecule has 0 bridgehead atoms. The van der Waals surface area contributed by atoms with Crippen LogP contribution in [0, 0.1) is 0 Å². The Morgan fingerprint density at radius 1 is 1.00 bits per heavy atom. The fourth-order valence-corrected chi connectivity index (χ4v) is 7.28. The van der Waals surface area contributed by atoms with E-state index in [1.165, 1.54) is 5.46 Å². The molecule has 0 amide bonds. The van der Waals surface area contributed by atoms with E-state index in [0.29, 0.717) is 5.54 Å². The van der Waals surface area contributed by atoms with Gasteiger partial charge in [0.25, 0.3) is 0 Å². The summed E-state index contributed by atoms with van der Waals surface area (Å²) in [7, 11) is -1.64. The zero-order valence-corrected chi connectivity index (χ0v) is 12.7. The van der Waals surface area contributed by atoms with Crippen LogP contribution in [0.2, 0.25) is 18.1 Å². The Bertz CT molecular complexity index is 409. The average molecular weight is 266 g/mol. The average Bonchev–Trinajstić information content (AvgIpc) is 2.41. The van der Waals surface area contributed by atoms with Gasteiger partial charge in [0, 0.05) is 0 Å². The van der Waals surface area contributed by atoms with Gasteiger partial charge < -0.3 is 0 Å². The molecule has 0 aliphatic heterocycles. The second-order valence-electron chi connectivity index (χ2n) is 4.96. The van der Waals surface area contributed by atoms with E-state index in [1.54, 1.807) is 0 Å². The Hall–Kier alpha value is -1.41. The molecule has 2 heteroatoms. The van der Waals surface area contributed by atoms with Crippen molar-refractivity contribution in [2.75, 3.05) is 0 Å². The van der Waals surface area contributed by atoms with Crippen molar-refractivity contribution in [3.8, 4) is 0 Å². The van der Waals surface area contributed by atoms with Crippen molar-refractivity contribution in [1.82, 2.24) is 0 Å². The Morgan fingerprint density at radius 2 is 1.58 bits per heavy atom. The van der Waals surface area contributed by atoms with Crippen LogP contribution in [0.4, 0.5) is 0 Å². The van der Waals surface area contributed by atoms with E-state index in [0.717, 1.165) is 18.1 Å². The van der Waals surface area contributed by atoms with Crippen LogP contribution in [0.25, 0.3) is 0 Å². The van der Waals surface area contributed by atoms with E-state index in [2.05, 4.69) is 81.7 Å². The summed E-state index contributed by atoms with van der Waals surface area (Å²) in [5.74, 6) is 2.10. The molecule has 0 saturated heterocycles. The van der Waals surface area contributed by atoms with E-state index in [4.69, 9.17) is 0 Å². The Labute approximate surface area is 119 Å². The molecular formula is C17H23BSi. The summed E-state index contributed by atoms with van der Waals surface area (Å²) in [5.41, 5.74) is 1.78. The summed E-state index contributed by atoms with van der Waals surface area (Å²) in [6.07, 6.45) is 8.27. The minimum absolute atomic E-state index is 0.419. The number of allylic oxidation sites excluding steroid dienone is 4. The molecule has 1 aromatic heterocycles. The maximum absolute atomic E-state index is 4.08. The normalized spacial score (nSPS) is 12.2. The van der Waals surface area contributed by atoms with Crippen LogP contribution in [-0.2, 0) is 0 Å². The quantitative estimate of drug-likeness (QED) is 0.443.